The molecule has 0 radical (unpaired) electrons. The Morgan fingerprint density at radius 1 is 0.808 bits per heavy atom. The van der Waals surface area contributed by atoms with Gasteiger partial charge in [0.15, 0.2) is 0 Å². The summed E-state index contributed by atoms with van der Waals surface area (Å²) < 4.78 is 11.1. The highest BCUT2D eigenvalue weighted by Gasteiger charge is 2.24. The lowest BCUT2D eigenvalue weighted by atomic mass is 10.0. The molecule has 6 heteroatoms. The van der Waals surface area contributed by atoms with Crippen LogP contribution in [-0.4, -0.2) is 62.6 Å². The van der Waals surface area contributed by atoms with Crippen molar-refractivity contribution in [3.8, 4) is 0 Å². The Balaban J connectivity index is 1.76. The van der Waals surface area contributed by atoms with Gasteiger partial charge in [-0.1, -0.05) is 30.3 Å². The first-order chi connectivity index (χ1) is 12.8. The van der Waals surface area contributed by atoms with E-state index in [1.54, 1.807) is 0 Å². The molecule has 26 heavy (non-hydrogen) atoms. The van der Waals surface area contributed by atoms with Gasteiger partial charge in [-0.2, -0.15) is 0 Å². The van der Waals surface area contributed by atoms with Crippen molar-refractivity contribution in [3.63, 3.8) is 0 Å². The summed E-state index contributed by atoms with van der Waals surface area (Å²) in [4.78, 5) is 14.4. The van der Waals surface area contributed by atoms with Crippen molar-refractivity contribution < 1.29 is 9.47 Å². The molecule has 0 spiro atoms. The van der Waals surface area contributed by atoms with E-state index in [0.29, 0.717) is 0 Å². The highest BCUT2D eigenvalue weighted by atomic mass is 16.5. The summed E-state index contributed by atoms with van der Waals surface area (Å²) in [6.07, 6.45) is 0.834. The first kappa shape index (κ1) is 17.2. The van der Waals surface area contributed by atoms with Crippen molar-refractivity contribution in [3.05, 3.63) is 47.3 Å². The molecule has 2 fully saturated rings. The van der Waals surface area contributed by atoms with Crippen LogP contribution in [0.1, 0.15) is 17.0 Å². The Morgan fingerprint density at radius 3 is 1.81 bits per heavy atom. The standard InChI is InChI=1S/C20H26N4O2/c1-16-21-19(23-7-11-25-12-8-23)18(15-17-5-3-2-4-6-17)20(22-16)24-9-13-26-14-10-24/h2-6H,7-15H2,1H3. The Morgan fingerprint density at radius 2 is 1.31 bits per heavy atom. The third-order valence-electron chi connectivity index (χ3n) is 4.92. The third-order valence-corrected chi connectivity index (χ3v) is 4.92. The highest BCUT2D eigenvalue weighted by Crippen LogP contribution is 2.31. The van der Waals surface area contributed by atoms with Crippen LogP contribution in [0.15, 0.2) is 30.3 Å². The lowest BCUT2D eigenvalue weighted by Gasteiger charge is -2.34. The smallest absolute Gasteiger partial charge is 0.138 e. The number of nitrogens with zero attached hydrogens (tertiary/aromatic N) is 4. The number of rotatable bonds is 4. The van der Waals surface area contributed by atoms with Crippen LogP contribution >= 0.6 is 0 Å². The van der Waals surface area contributed by atoms with Crippen molar-refractivity contribution in [2.75, 3.05) is 62.4 Å². The predicted octanol–water partition coefficient (Wildman–Crippen LogP) is 2.05. The zero-order chi connectivity index (χ0) is 17.8. The Labute approximate surface area is 154 Å². The summed E-state index contributed by atoms with van der Waals surface area (Å²) in [5, 5.41) is 0. The molecule has 3 heterocycles. The topological polar surface area (TPSA) is 50.7 Å². The molecular weight excluding hydrogens is 328 g/mol. The molecular formula is C20H26N4O2. The minimum absolute atomic E-state index is 0.751. The summed E-state index contributed by atoms with van der Waals surface area (Å²) in [5.41, 5.74) is 2.49. The van der Waals surface area contributed by atoms with E-state index in [4.69, 9.17) is 19.4 Å². The number of aryl methyl sites for hydroxylation is 1. The fourth-order valence-electron chi connectivity index (χ4n) is 3.60. The molecule has 0 atom stereocenters. The van der Waals surface area contributed by atoms with Crippen LogP contribution in [0.3, 0.4) is 0 Å². The first-order valence-corrected chi connectivity index (χ1v) is 9.38. The minimum Gasteiger partial charge on any atom is -0.378 e. The number of hydrogen-bond acceptors (Lipinski definition) is 6. The molecule has 2 aromatic rings. The SMILES string of the molecule is Cc1nc(N2CCOCC2)c(Cc2ccccc2)c(N2CCOCC2)n1. The second kappa shape index (κ2) is 8.01. The van der Waals surface area contributed by atoms with Crippen LogP contribution in [-0.2, 0) is 15.9 Å². The lowest BCUT2D eigenvalue weighted by Crippen LogP contribution is -2.40. The molecule has 0 aliphatic carbocycles. The van der Waals surface area contributed by atoms with Crippen LogP contribution in [0.2, 0.25) is 0 Å². The van der Waals surface area contributed by atoms with Gasteiger partial charge in [0, 0.05) is 38.2 Å². The second-order valence-corrected chi connectivity index (χ2v) is 6.76. The van der Waals surface area contributed by atoms with Crippen molar-refractivity contribution in [1.82, 2.24) is 9.97 Å². The zero-order valence-electron chi connectivity index (χ0n) is 15.4. The van der Waals surface area contributed by atoms with E-state index in [1.807, 2.05) is 6.92 Å². The van der Waals surface area contributed by atoms with Gasteiger partial charge in [0.05, 0.1) is 26.4 Å². The van der Waals surface area contributed by atoms with Gasteiger partial charge in [-0.25, -0.2) is 9.97 Å². The summed E-state index contributed by atoms with van der Waals surface area (Å²) in [6.45, 7) is 8.49. The third kappa shape index (κ3) is 3.81. The Hall–Kier alpha value is -2.18. The molecule has 4 rings (SSSR count). The number of morpholine rings is 2. The van der Waals surface area contributed by atoms with Gasteiger partial charge in [-0.05, 0) is 12.5 Å². The summed E-state index contributed by atoms with van der Waals surface area (Å²) in [7, 11) is 0. The first-order valence-electron chi connectivity index (χ1n) is 9.38. The highest BCUT2D eigenvalue weighted by molar-refractivity contribution is 5.62. The maximum atomic E-state index is 5.54. The molecule has 2 aliphatic heterocycles. The van der Waals surface area contributed by atoms with E-state index in [2.05, 4.69) is 40.1 Å². The number of benzene rings is 1. The van der Waals surface area contributed by atoms with Gasteiger partial charge in [0.1, 0.15) is 17.5 Å². The zero-order valence-corrected chi connectivity index (χ0v) is 15.4. The van der Waals surface area contributed by atoms with Gasteiger partial charge < -0.3 is 19.3 Å². The molecule has 0 amide bonds. The predicted molar refractivity (Wildman–Crippen MR) is 102 cm³/mol. The number of anilines is 2. The number of hydrogen-bond donors (Lipinski definition) is 0. The van der Waals surface area contributed by atoms with Gasteiger partial charge in [-0.3, -0.25) is 0 Å². The van der Waals surface area contributed by atoms with Gasteiger partial charge in [0.2, 0.25) is 0 Å². The van der Waals surface area contributed by atoms with E-state index in [9.17, 15) is 0 Å². The van der Waals surface area contributed by atoms with Crippen molar-refractivity contribution in [2.24, 2.45) is 0 Å². The normalized spacial score (nSPS) is 18.2. The number of ether oxygens (including phenoxy) is 2. The lowest BCUT2D eigenvalue weighted by molar-refractivity contribution is 0.121. The summed E-state index contributed by atoms with van der Waals surface area (Å²) in [5.74, 6) is 2.95. The average Bonchev–Trinajstić information content (AvgIpc) is 2.71. The monoisotopic (exact) mass is 354 g/mol. The molecule has 2 saturated heterocycles. The van der Waals surface area contributed by atoms with E-state index in [0.717, 1.165) is 76.5 Å². The summed E-state index contributed by atoms with van der Waals surface area (Å²) >= 11 is 0. The average molecular weight is 354 g/mol. The molecule has 138 valence electrons. The van der Waals surface area contributed by atoms with Crippen LogP contribution in [0.5, 0.6) is 0 Å². The Bertz CT molecular complexity index is 687. The largest absolute Gasteiger partial charge is 0.378 e. The van der Waals surface area contributed by atoms with E-state index >= 15 is 0 Å². The second-order valence-electron chi connectivity index (χ2n) is 6.76. The fraction of sp³-hybridized carbons (Fsp3) is 0.500. The van der Waals surface area contributed by atoms with Gasteiger partial charge in [-0.15, -0.1) is 0 Å². The molecule has 0 unspecified atom stereocenters. The van der Waals surface area contributed by atoms with Crippen molar-refractivity contribution in [2.45, 2.75) is 13.3 Å². The van der Waals surface area contributed by atoms with Crippen LogP contribution < -0.4 is 9.80 Å². The van der Waals surface area contributed by atoms with Crippen LogP contribution in [0.4, 0.5) is 11.6 Å². The van der Waals surface area contributed by atoms with Crippen LogP contribution in [0, 0.1) is 6.92 Å². The molecule has 6 nitrogen and oxygen atoms in total. The fourth-order valence-corrected chi connectivity index (χ4v) is 3.60. The van der Waals surface area contributed by atoms with Crippen molar-refractivity contribution in [1.29, 1.82) is 0 Å². The molecule has 0 N–H and O–H groups in total. The maximum absolute atomic E-state index is 5.54. The van der Waals surface area contributed by atoms with Gasteiger partial charge >= 0.3 is 0 Å². The molecule has 0 bridgehead atoms. The van der Waals surface area contributed by atoms with E-state index < -0.39 is 0 Å². The van der Waals surface area contributed by atoms with Gasteiger partial charge in [0.25, 0.3) is 0 Å². The summed E-state index contributed by atoms with van der Waals surface area (Å²) in [6, 6.07) is 10.6. The van der Waals surface area contributed by atoms with E-state index in [1.165, 1.54) is 11.1 Å². The van der Waals surface area contributed by atoms with Crippen molar-refractivity contribution >= 4 is 11.6 Å². The number of aromatic nitrogens is 2. The molecule has 1 aromatic carbocycles. The quantitative estimate of drug-likeness (QED) is 0.838. The van der Waals surface area contributed by atoms with E-state index in [-0.39, 0.29) is 0 Å². The molecule has 2 aliphatic rings. The Kier molecular flexibility index (Phi) is 5.32. The molecule has 1 aromatic heterocycles. The minimum atomic E-state index is 0.751. The maximum Gasteiger partial charge on any atom is 0.138 e. The van der Waals surface area contributed by atoms with Crippen LogP contribution in [0.25, 0.3) is 0 Å². The molecule has 0 saturated carbocycles.